The second-order valence-electron chi connectivity index (χ2n) is 7.33. The number of hydrogen-bond donors (Lipinski definition) is 0. The Balaban J connectivity index is 1.40. The maximum Gasteiger partial charge on any atom is 0.257 e. The minimum atomic E-state index is -0.0745. The Kier molecular flexibility index (Phi) is 6.67. The Labute approximate surface area is 190 Å². The van der Waals surface area contributed by atoms with Crippen LogP contribution in [0.5, 0.6) is 5.75 Å². The molecule has 4 rings (SSSR count). The van der Waals surface area contributed by atoms with E-state index >= 15 is 0 Å². The molecule has 1 aliphatic rings. The third kappa shape index (κ3) is 4.97. The molecule has 158 valence electrons. The Hall–Kier alpha value is -3.12. The minimum Gasteiger partial charge on any atom is -0.488 e. The summed E-state index contributed by atoms with van der Waals surface area (Å²) < 4.78 is 6.96. The second kappa shape index (κ2) is 9.79. The van der Waals surface area contributed by atoms with Gasteiger partial charge in [0.1, 0.15) is 12.4 Å². The highest BCUT2D eigenvalue weighted by Crippen LogP contribution is 2.24. The molecule has 1 fully saturated rings. The molecule has 3 aromatic carbocycles. The lowest BCUT2D eigenvalue weighted by Crippen LogP contribution is -2.50. The molecular weight excluding hydrogens is 456 g/mol. The fraction of sp³-hybridized carbons (Fsp3) is 0.200. The van der Waals surface area contributed by atoms with Crippen LogP contribution in [0.4, 0.5) is 0 Å². The molecule has 6 heteroatoms. The van der Waals surface area contributed by atoms with Crippen LogP contribution in [0.3, 0.4) is 0 Å². The summed E-state index contributed by atoms with van der Waals surface area (Å²) in [6.45, 7) is 2.38. The molecule has 0 bridgehead atoms. The van der Waals surface area contributed by atoms with Crippen molar-refractivity contribution in [3.63, 3.8) is 0 Å². The molecule has 0 aliphatic carbocycles. The van der Waals surface area contributed by atoms with Gasteiger partial charge in [-0.25, -0.2) is 0 Å². The van der Waals surface area contributed by atoms with Crippen molar-refractivity contribution in [3.8, 4) is 5.75 Å². The van der Waals surface area contributed by atoms with E-state index in [0.29, 0.717) is 49.7 Å². The largest absolute Gasteiger partial charge is 0.488 e. The van der Waals surface area contributed by atoms with Crippen LogP contribution in [0, 0.1) is 0 Å². The van der Waals surface area contributed by atoms with Crippen molar-refractivity contribution in [2.45, 2.75) is 6.61 Å². The average molecular weight is 479 g/mol. The van der Waals surface area contributed by atoms with E-state index in [1.807, 2.05) is 72.8 Å². The van der Waals surface area contributed by atoms with Gasteiger partial charge in [0.2, 0.25) is 0 Å². The van der Waals surface area contributed by atoms with Crippen LogP contribution in [0.1, 0.15) is 26.3 Å². The standard InChI is InChI=1S/C25H23BrN2O3/c26-22-12-6-4-10-20(22)18-31-23-13-7-5-11-21(23)25(30)28-16-14-27(15-17-28)24(29)19-8-2-1-3-9-19/h1-13H,14-18H2. The molecule has 0 aromatic heterocycles. The molecule has 1 saturated heterocycles. The third-order valence-corrected chi connectivity index (χ3v) is 6.11. The summed E-state index contributed by atoms with van der Waals surface area (Å²) in [6.07, 6.45) is 0. The van der Waals surface area contributed by atoms with Crippen molar-refractivity contribution in [1.82, 2.24) is 9.80 Å². The van der Waals surface area contributed by atoms with Crippen LogP contribution in [0.2, 0.25) is 0 Å². The normalized spacial score (nSPS) is 13.7. The number of ether oxygens (including phenoxy) is 1. The van der Waals surface area contributed by atoms with E-state index in [1.165, 1.54) is 0 Å². The van der Waals surface area contributed by atoms with E-state index in [1.54, 1.807) is 15.9 Å². The zero-order chi connectivity index (χ0) is 21.6. The fourth-order valence-corrected chi connectivity index (χ4v) is 3.99. The van der Waals surface area contributed by atoms with Gasteiger partial charge in [0.05, 0.1) is 5.56 Å². The maximum atomic E-state index is 13.2. The van der Waals surface area contributed by atoms with Crippen LogP contribution in [0.25, 0.3) is 0 Å². The molecular formula is C25H23BrN2O3. The molecule has 0 spiro atoms. The SMILES string of the molecule is O=C(c1ccccc1)N1CCN(C(=O)c2ccccc2OCc2ccccc2Br)CC1. The second-order valence-corrected chi connectivity index (χ2v) is 8.18. The molecule has 0 saturated carbocycles. The van der Waals surface area contributed by atoms with Gasteiger partial charge in [-0.2, -0.15) is 0 Å². The van der Waals surface area contributed by atoms with Crippen LogP contribution < -0.4 is 4.74 Å². The van der Waals surface area contributed by atoms with E-state index in [9.17, 15) is 9.59 Å². The van der Waals surface area contributed by atoms with Gasteiger partial charge in [0, 0.05) is 41.8 Å². The van der Waals surface area contributed by atoms with E-state index in [0.717, 1.165) is 10.0 Å². The van der Waals surface area contributed by atoms with Crippen LogP contribution in [-0.4, -0.2) is 47.8 Å². The van der Waals surface area contributed by atoms with Gasteiger partial charge in [-0.15, -0.1) is 0 Å². The van der Waals surface area contributed by atoms with Crippen LogP contribution in [0.15, 0.2) is 83.3 Å². The fourth-order valence-electron chi connectivity index (χ4n) is 3.59. The predicted molar refractivity (Wildman–Crippen MR) is 123 cm³/mol. The van der Waals surface area contributed by atoms with E-state index in [2.05, 4.69) is 15.9 Å². The molecule has 1 heterocycles. The van der Waals surface area contributed by atoms with Gasteiger partial charge in [0.15, 0.2) is 0 Å². The van der Waals surface area contributed by atoms with Gasteiger partial charge < -0.3 is 14.5 Å². The number of carbonyl (C=O) groups excluding carboxylic acids is 2. The molecule has 1 aliphatic heterocycles. The summed E-state index contributed by atoms with van der Waals surface area (Å²) in [5.41, 5.74) is 2.23. The molecule has 3 aromatic rings. The first kappa shape index (κ1) is 21.1. The molecule has 5 nitrogen and oxygen atoms in total. The first-order valence-electron chi connectivity index (χ1n) is 10.2. The lowest BCUT2D eigenvalue weighted by molar-refractivity contribution is 0.0533. The van der Waals surface area contributed by atoms with Gasteiger partial charge in [0.25, 0.3) is 11.8 Å². The van der Waals surface area contributed by atoms with Crippen LogP contribution in [-0.2, 0) is 6.61 Å². The van der Waals surface area contributed by atoms with Crippen molar-refractivity contribution in [3.05, 3.63) is 100 Å². The highest BCUT2D eigenvalue weighted by molar-refractivity contribution is 9.10. The molecule has 0 atom stereocenters. The summed E-state index contributed by atoms with van der Waals surface area (Å²) >= 11 is 3.53. The summed E-state index contributed by atoms with van der Waals surface area (Å²) in [5.74, 6) is 0.491. The number of halogens is 1. The Morgan fingerprint density at radius 3 is 2.03 bits per heavy atom. The monoisotopic (exact) mass is 478 g/mol. The average Bonchev–Trinajstić information content (AvgIpc) is 2.83. The van der Waals surface area contributed by atoms with E-state index < -0.39 is 0 Å². The van der Waals surface area contributed by atoms with Gasteiger partial charge >= 0.3 is 0 Å². The first-order valence-corrected chi connectivity index (χ1v) is 11.0. The van der Waals surface area contributed by atoms with Crippen molar-refractivity contribution < 1.29 is 14.3 Å². The maximum absolute atomic E-state index is 13.2. The first-order chi connectivity index (χ1) is 15.1. The summed E-state index contributed by atoms with van der Waals surface area (Å²) in [4.78, 5) is 29.4. The Bertz CT molecular complexity index is 1060. The number of carbonyl (C=O) groups is 2. The van der Waals surface area contributed by atoms with Crippen molar-refractivity contribution in [2.75, 3.05) is 26.2 Å². The number of para-hydroxylation sites is 1. The topological polar surface area (TPSA) is 49.9 Å². The summed E-state index contributed by atoms with van der Waals surface area (Å²) in [5, 5.41) is 0. The van der Waals surface area contributed by atoms with E-state index in [-0.39, 0.29) is 11.8 Å². The van der Waals surface area contributed by atoms with Gasteiger partial charge in [-0.3, -0.25) is 9.59 Å². The predicted octanol–water partition coefficient (Wildman–Crippen LogP) is 4.63. The Morgan fingerprint density at radius 2 is 1.32 bits per heavy atom. The third-order valence-electron chi connectivity index (χ3n) is 5.33. The van der Waals surface area contributed by atoms with E-state index in [4.69, 9.17) is 4.74 Å². The molecule has 2 amide bonds. The Morgan fingerprint density at radius 1 is 0.742 bits per heavy atom. The molecule has 0 radical (unpaired) electrons. The van der Waals surface area contributed by atoms with Gasteiger partial charge in [-0.05, 0) is 30.3 Å². The number of amides is 2. The lowest BCUT2D eigenvalue weighted by Gasteiger charge is -2.35. The molecule has 0 unspecified atom stereocenters. The van der Waals surface area contributed by atoms with Gasteiger partial charge in [-0.1, -0.05) is 64.5 Å². The lowest BCUT2D eigenvalue weighted by atomic mass is 10.1. The zero-order valence-corrected chi connectivity index (χ0v) is 18.6. The number of hydrogen-bond acceptors (Lipinski definition) is 3. The quantitative estimate of drug-likeness (QED) is 0.537. The zero-order valence-electron chi connectivity index (χ0n) is 17.0. The number of rotatable bonds is 5. The molecule has 0 N–H and O–H groups in total. The molecule has 31 heavy (non-hydrogen) atoms. The summed E-state index contributed by atoms with van der Waals surface area (Å²) in [7, 11) is 0. The number of benzene rings is 3. The van der Waals surface area contributed by atoms with Crippen LogP contribution >= 0.6 is 15.9 Å². The summed E-state index contributed by atoms with van der Waals surface area (Å²) in [6, 6.07) is 24.4. The van der Waals surface area contributed by atoms with Crippen molar-refractivity contribution in [2.24, 2.45) is 0 Å². The van der Waals surface area contributed by atoms with Crippen molar-refractivity contribution >= 4 is 27.7 Å². The number of nitrogens with zero attached hydrogens (tertiary/aromatic N) is 2. The highest BCUT2D eigenvalue weighted by atomic mass is 79.9. The minimum absolute atomic E-state index is 0.00451. The number of piperazine rings is 1. The van der Waals surface area contributed by atoms with Crippen molar-refractivity contribution in [1.29, 1.82) is 0 Å². The highest BCUT2D eigenvalue weighted by Gasteiger charge is 2.26. The smallest absolute Gasteiger partial charge is 0.257 e.